The number of pyridine rings is 1. The molecule has 0 spiro atoms. The number of carbonyl (C=O) groups is 1. The number of aromatic nitrogens is 1. The third kappa shape index (κ3) is 8.48. The van der Waals surface area contributed by atoms with Gasteiger partial charge in [0.2, 0.25) is 0 Å². The van der Waals surface area contributed by atoms with E-state index in [4.69, 9.17) is 14.2 Å². The van der Waals surface area contributed by atoms with Crippen LogP contribution >= 0.6 is 11.8 Å². The molecule has 13 heteroatoms. The fourth-order valence-electron chi connectivity index (χ4n) is 6.31. The van der Waals surface area contributed by atoms with E-state index in [9.17, 15) is 22.8 Å². The third-order valence-electron chi connectivity index (χ3n) is 8.51. The second-order valence-electron chi connectivity index (χ2n) is 12.3. The SMILES string of the molecule is CCOC(=O)COCCNC(c1ccccc1)C1CSc2c(Cc3c(F)cccc3C(F)(F)F)c(C)c(-c3cccc(OC(C)C)c3F)c(=O)n21. The molecule has 4 aromatic rings. The number of carbonyl (C=O) groups excluding carboxylic acids is 1. The minimum atomic E-state index is -4.84. The normalized spacial score (nSPS) is 14.8. The van der Waals surface area contributed by atoms with Crippen LogP contribution in [-0.4, -0.2) is 48.8 Å². The Morgan fingerprint density at radius 3 is 2.43 bits per heavy atom. The third-order valence-corrected chi connectivity index (χ3v) is 9.74. The van der Waals surface area contributed by atoms with Crippen LogP contribution in [0.25, 0.3) is 11.1 Å². The van der Waals surface area contributed by atoms with E-state index < -0.39 is 59.0 Å². The molecule has 0 radical (unpaired) electrons. The van der Waals surface area contributed by atoms with E-state index in [0.717, 1.165) is 23.8 Å². The van der Waals surface area contributed by atoms with Crippen LogP contribution in [0.2, 0.25) is 0 Å². The largest absolute Gasteiger partial charge is 0.488 e. The maximum absolute atomic E-state index is 16.2. The molecule has 2 heterocycles. The molecule has 3 aromatic carbocycles. The number of nitrogens with zero attached hydrogens (tertiary/aromatic N) is 1. The molecule has 7 nitrogen and oxygen atoms in total. The Balaban J connectivity index is 1.67. The predicted molar refractivity (Wildman–Crippen MR) is 185 cm³/mol. The number of thioether (sulfide) groups is 1. The first kappa shape index (κ1) is 38.0. The Labute approximate surface area is 297 Å². The van der Waals surface area contributed by atoms with Gasteiger partial charge in [-0.2, -0.15) is 13.2 Å². The van der Waals surface area contributed by atoms with Gasteiger partial charge in [0, 0.05) is 29.8 Å². The second-order valence-corrected chi connectivity index (χ2v) is 13.3. The lowest BCUT2D eigenvalue weighted by molar-refractivity contribution is -0.148. The first-order valence-electron chi connectivity index (χ1n) is 16.6. The van der Waals surface area contributed by atoms with Crippen molar-refractivity contribution in [3.8, 4) is 16.9 Å². The highest BCUT2D eigenvalue weighted by molar-refractivity contribution is 7.99. The molecular weight excluding hydrogens is 691 g/mol. The zero-order valence-corrected chi connectivity index (χ0v) is 29.4. The van der Waals surface area contributed by atoms with Crippen LogP contribution in [0.5, 0.6) is 5.75 Å². The van der Waals surface area contributed by atoms with E-state index in [0.29, 0.717) is 10.8 Å². The quantitative estimate of drug-likeness (QED) is 0.0800. The van der Waals surface area contributed by atoms with Crippen LogP contribution in [0.4, 0.5) is 22.0 Å². The van der Waals surface area contributed by atoms with Crippen molar-refractivity contribution in [2.75, 3.05) is 32.1 Å². The highest BCUT2D eigenvalue weighted by Crippen LogP contribution is 2.45. The summed E-state index contributed by atoms with van der Waals surface area (Å²) < 4.78 is 91.6. The monoisotopic (exact) mass is 730 g/mol. The van der Waals surface area contributed by atoms with Crippen LogP contribution in [0.1, 0.15) is 60.7 Å². The number of halogens is 5. The van der Waals surface area contributed by atoms with E-state index in [1.807, 2.05) is 30.3 Å². The molecule has 1 aromatic heterocycles. The molecular formula is C38H39F5N2O5S. The summed E-state index contributed by atoms with van der Waals surface area (Å²) in [5.74, 6) is -2.10. The van der Waals surface area contributed by atoms with Gasteiger partial charge < -0.3 is 19.5 Å². The summed E-state index contributed by atoms with van der Waals surface area (Å²) in [6.07, 6.45) is -5.72. The number of ether oxygens (including phenoxy) is 3. The fraction of sp³-hybridized carbons (Fsp3) is 0.368. The van der Waals surface area contributed by atoms with Crippen molar-refractivity contribution >= 4 is 17.7 Å². The Kier molecular flexibility index (Phi) is 12.3. The van der Waals surface area contributed by atoms with Gasteiger partial charge in [-0.15, -0.1) is 11.8 Å². The molecule has 0 aliphatic carbocycles. The van der Waals surface area contributed by atoms with Crippen LogP contribution in [0.15, 0.2) is 76.6 Å². The number of benzene rings is 3. The number of rotatable bonds is 14. The smallest absolute Gasteiger partial charge is 0.416 e. The van der Waals surface area contributed by atoms with Crippen molar-refractivity contribution < 1.29 is 41.0 Å². The van der Waals surface area contributed by atoms with Crippen molar-refractivity contribution in [3.63, 3.8) is 0 Å². The predicted octanol–water partition coefficient (Wildman–Crippen LogP) is 8.06. The summed E-state index contributed by atoms with van der Waals surface area (Å²) in [6.45, 7) is 7.09. The highest BCUT2D eigenvalue weighted by atomic mass is 32.2. The second kappa shape index (κ2) is 16.4. The van der Waals surface area contributed by atoms with Gasteiger partial charge in [-0.05, 0) is 62.6 Å². The zero-order valence-electron chi connectivity index (χ0n) is 28.6. The Morgan fingerprint density at radius 2 is 1.75 bits per heavy atom. The van der Waals surface area contributed by atoms with Crippen molar-refractivity contribution in [3.05, 3.63) is 117 Å². The minimum absolute atomic E-state index is 0.0533. The first-order chi connectivity index (χ1) is 24.3. The van der Waals surface area contributed by atoms with Gasteiger partial charge in [0.05, 0.1) is 47.6 Å². The summed E-state index contributed by atoms with van der Waals surface area (Å²) in [5.41, 5.74) is -1.04. The van der Waals surface area contributed by atoms with E-state index in [2.05, 4.69) is 5.32 Å². The molecule has 5 rings (SSSR count). The van der Waals surface area contributed by atoms with Gasteiger partial charge in [-0.1, -0.05) is 48.5 Å². The molecule has 0 saturated heterocycles. The number of nitrogens with one attached hydrogen (secondary N) is 1. The molecule has 2 unspecified atom stereocenters. The minimum Gasteiger partial charge on any atom is -0.488 e. The van der Waals surface area contributed by atoms with E-state index in [1.54, 1.807) is 33.8 Å². The molecule has 0 saturated carbocycles. The van der Waals surface area contributed by atoms with Crippen LogP contribution in [0, 0.1) is 18.6 Å². The summed E-state index contributed by atoms with van der Waals surface area (Å²) in [4.78, 5) is 26.5. The van der Waals surface area contributed by atoms with Crippen molar-refractivity contribution in [1.82, 2.24) is 9.88 Å². The van der Waals surface area contributed by atoms with E-state index in [1.165, 1.54) is 28.5 Å². The first-order valence-corrected chi connectivity index (χ1v) is 17.5. The molecule has 0 amide bonds. The van der Waals surface area contributed by atoms with Crippen molar-refractivity contribution in [2.45, 2.75) is 63.5 Å². The van der Waals surface area contributed by atoms with E-state index >= 15 is 8.78 Å². The number of hydrogen-bond acceptors (Lipinski definition) is 7. The van der Waals surface area contributed by atoms with Gasteiger partial charge in [0.25, 0.3) is 5.56 Å². The number of alkyl halides is 3. The standard InChI is InChI=1S/C38H39F5N2O5S/c1-5-49-32(46)20-48-18-17-44-35(24-11-7-6-8-12-24)30-21-51-37-26(19-27-28(38(41,42)43)14-10-15-29(27)39)23(4)33(36(47)45(30)37)25-13-9-16-31(34(25)40)50-22(2)3/h6-16,22,30,35,44H,5,17-21H2,1-4H3. The molecule has 1 aliphatic rings. The van der Waals surface area contributed by atoms with Crippen LogP contribution in [-0.2, 0) is 26.9 Å². The Bertz CT molecular complexity index is 1920. The maximum atomic E-state index is 16.2. The Hall–Kier alpha value is -4.20. The summed E-state index contributed by atoms with van der Waals surface area (Å²) in [5, 5.41) is 3.80. The average Bonchev–Trinajstić information content (AvgIpc) is 3.52. The van der Waals surface area contributed by atoms with Crippen LogP contribution in [0.3, 0.4) is 0 Å². The van der Waals surface area contributed by atoms with Gasteiger partial charge in [-0.3, -0.25) is 9.36 Å². The fourth-order valence-corrected chi connectivity index (χ4v) is 7.73. The van der Waals surface area contributed by atoms with Gasteiger partial charge in [0.15, 0.2) is 11.6 Å². The van der Waals surface area contributed by atoms with Gasteiger partial charge in [0.1, 0.15) is 12.4 Å². The topological polar surface area (TPSA) is 78.8 Å². The lowest BCUT2D eigenvalue weighted by Crippen LogP contribution is -2.37. The Morgan fingerprint density at radius 1 is 1.02 bits per heavy atom. The lowest BCUT2D eigenvalue weighted by atomic mass is 9.91. The van der Waals surface area contributed by atoms with E-state index in [-0.39, 0.29) is 60.5 Å². The zero-order chi connectivity index (χ0) is 36.9. The molecule has 0 fully saturated rings. The molecule has 272 valence electrons. The summed E-state index contributed by atoms with van der Waals surface area (Å²) in [6, 6.07) is 15.4. The molecule has 51 heavy (non-hydrogen) atoms. The maximum Gasteiger partial charge on any atom is 0.416 e. The lowest BCUT2D eigenvalue weighted by Gasteiger charge is -2.28. The van der Waals surface area contributed by atoms with Gasteiger partial charge >= 0.3 is 12.1 Å². The average molecular weight is 731 g/mol. The molecule has 1 aliphatic heterocycles. The number of hydrogen-bond donors (Lipinski definition) is 1. The molecule has 2 atom stereocenters. The molecule has 0 bridgehead atoms. The summed E-state index contributed by atoms with van der Waals surface area (Å²) in [7, 11) is 0. The molecule has 1 N–H and O–H groups in total. The number of esters is 1. The highest BCUT2D eigenvalue weighted by Gasteiger charge is 2.39. The number of fused-ring (bicyclic) bond motifs is 1. The van der Waals surface area contributed by atoms with Crippen molar-refractivity contribution in [2.24, 2.45) is 0 Å². The van der Waals surface area contributed by atoms with Crippen LogP contribution < -0.4 is 15.6 Å². The summed E-state index contributed by atoms with van der Waals surface area (Å²) >= 11 is 1.27. The van der Waals surface area contributed by atoms with Crippen molar-refractivity contribution in [1.29, 1.82) is 0 Å². The van der Waals surface area contributed by atoms with Gasteiger partial charge in [-0.25, -0.2) is 13.6 Å².